The first-order chi connectivity index (χ1) is 9.60. The van der Waals surface area contributed by atoms with Crippen molar-refractivity contribution >= 4 is 28.3 Å². The summed E-state index contributed by atoms with van der Waals surface area (Å²) in [6.45, 7) is 3.67. The van der Waals surface area contributed by atoms with Crippen LogP contribution in [0, 0.1) is 5.92 Å². The van der Waals surface area contributed by atoms with E-state index in [2.05, 4.69) is 15.5 Å². The Morgan fingerprint density at radius 2 is 2.35 bits per heavy atom. The first-order valence-electron chi connectivity index (χ1n) is 6.55. The molecule has 1 aliphatic rings. The van der Waals surface area contributed by atoms with Crippen LogP contribution in [0.3, 0.4) is 0 Å². The average molecular weight is 298 g/mol. The van der Waals surface area contributed by atoms with Crippen LogP contribution in [0.4, 0.5) is 5.13 Å². The second-order valence-corrected chi connectivity index (χ2v) is 5.67. The summed E-state index contributed by atoms with van der Waals surface area (Å²) in [6, 6.07) is 0. The number of likely N-dealkylation sites (tertiary alicyclic amines) is 1. The minimum atomic E-state index is -0.303. The fourth-order valence-corrected chi connectivity index (χ4v) is 2.68. The van der Waals surface area contributed by atoms with E-state index in [0.29, 0.717) is 31.3 Å². The first-order valence-corrected chi connectivity index (χ1v) is 7.36. The summed E-state index contributed by atoms with van der Waals surface area (Å²) < 4.78 is 5.24. The van der Waals surface area contributed by atoms with Gasteiger partial charge in [-0.3, -0.25) is 9.59 Å². The molecule has 1 fully saturated rings. The zero-order valence-corrected chi connectivity index (χ0v) is 12.4. The van der Waals surface area contributed by atoms with E-state index in [1.54, 1.807) is 11.9 Å². The van der Waals surface area contributed by atoms with Crippen LogP contribution in [0.15, 0.2) is 0 Å². The largest absolute Gasteiger partial charge is 0.381 e. The molecule has 1 saturated heterocycles. The molecule has 1 aromatic rings. The van der Waals surface area contributed by atoms with Gasteiger partial charge in [0.15, 0.2) is 0 Å². The fourth-order valence-electron chi connectivity index (χ4n) is 1.96. The Kier molecular flexibility index (Phi) is 5.02. The molecule has 110 valence electrons. The Bertz CT molecular complexity index is 491. The van der Waals surface area contributed by atoms with Gasteiger partial charge in [-0.25, -0.2) is 0 Å². The van der Waals surface area contributed by atoms with Crippen LogP contribution in [0.25, 0.3) is 0 Å². The van der Waals surface area contributed by atoms with Crippen molar-refractivity contribution in [2.75, 3.05) is 32.1 Å². The second-order valence-electron chi connectivity index (χ2n) is 4.61. The van der Waals surface area contributed by atoms with E-state index in [1.807, 2.05) is 6.92 Å². The molecule has 1 N–H and O–H groups in total. The normalized spacial score (nSPS) is 18.6. The Hall–Kier alpha value is -1.54. The van der Waals surface area contributed by atoms with Crippen molar-refractivity contribution in [3.8, 4) is 0 Å². The summed E-state index contributed by atoms with van der Waals surface area (Å²) in [5.74, 6) is -0.474. The van der Waals surface area contributed by atoms with Crippen molar-refractivity contribution in [3.05, 3.63) is 5.01 Å². The highest BCUT2D eigenvalue weighted by Crippen LogP contribution is 2.20. The molecule has 1 aliphatic heterocycles. The number of rotatable bonds is 6. The van der Waals surface area contributed by atoms with Crippen molar-refractivity contribution in [1.82, 2.24) is 15.1 Å². The van der Waals surface area contributed by atoms with E-state index in [9.17, 15) is 9.59 Å². The highest BCUT2D eigenvalue weighted by molar-refractivity contribution is 7.15. The molecular weight excluding hydrogens is 280 g/mol. The zero-order valence-electron chi connectivity index (χ0n) is 11.6. The fraction of sp³-hybridized carbons (Fsp3) is 0.667. The maximum Gasteiger partial charge on any atom is 0.231 e. The molecule has 0 aromatic carbocycles. The molecule has 2 amide bonds. The quantitative estimate of drug-likeness (QED) is 0.775. The van der Waals surface area contributed by atoms with E-state index < -0.39 is 0 Å². The molecule has 2 rings (SSSR count). The highest BCUT2D eigenvalue weighted by atomic mass is 32.1. The number of hydrogen-bond acceptors (Lipinski definition) is 6. The molecule has 1 aromatic heterocycles. The SMILES string of the molecule is CCOCCc1nnc(NC(=O)C2CC(=O)N(C)C2)s1. The van der Waals surface area contributed by atoms with Crippen molar-refractivity contribution in [3.63, 3.8) is 0 Å². The molecule has 0 aliphatic carbocycles. The predicted molar refractivity (Wildman–Crippen MR) is 74.5 cm³/mol. The van der Waals surface area contributed by atoms with Gasteiger partial charge in [0.05, 0.1) is 12.5 Å². The lowest BCUT2D eigenvalue weighted by atomic mass is 10.1. The third-order valence-corrected chi connectivity index (χ3v) is 3.97. The Balaban J connectivity index is 1.84. The van der Waals surface area contributed by atoms with Gasteiger partial charge in [0.1, 0.15) is 5.01 Å². The van der Waals surface area contributed by atoms with Crippen LogP contribution in [0.2, 0.25) is 0 Å². The number of amides is 2. The van der Waals surface area contributed by atoms with Crippen LogP contribution in [0.1, 0.15) is 18.4 Å². The monoisotopic (exact) mass is 298 g/mol. The zero-order chi connectivity index (χ0) is 14.5. The van der Waals surface area contributed by atoms with Crippen LogP contribution in [-0.4, -0.2) is 53.7 Å². The van der Waals surface area contributed by atoms with Crippen LogP contribution < -0.4 is 5.32 Å². The van der Waals surface area contributed by atoms with Gasteiger partial charge in [-0.05, 0) is 6.92 Å². The second kappa shape index (κ2) is 6.76. The molecule has 1 atom stereocenters. The number of ether oxygens (including phenoxy) is 1. The van der Waals surface area contributed by atoms with Crippen molar-refractivity contribution in [2.45, 2.75) is 19.8 Å². The Morgan fingerprint density at radius 1 is 1.55 bits per heavy atom. The van der Waals surface area contributed by atoms with Gasteiger partial charge < -0.3 is 15.0 Å². The number of carbonyl (C=O) groups is 2. The molecule has 0 bridgehead atoms. The summed E-state index contributed by atoms with van der Waals surface area (Å²) in [5, 5.41) is 11.9. The molecule has 8 heteroatoms. The number of carbonyl (C=O) groups excluding carboxylic acids is 2. The third kappa shape index (κ3) is 3.73. The number of hydrogen-bond donors (Lipinski definition) is 1. The molecule has 7 nitrogen and oxygen atoms in total. The van der Waals surface area contributed by atoms with Crippen molar-refractivity contribution in [1.29, 1.82) is 0 Å². The van der Waals surface area contributed by atoms with Gasteiger partial charge in [0.25, 0.3) is 0 Å². The topological polar surface area (TPSA) is 84.4 Å². The van der Waals surface area contributed by atoms with Gasteiger partial charge in [0, 0.05) is 33.0 Å². The molecule has 0 saturated carbocycles. The van der Waals surface area contributed by atoms with Crippen LogP contribution in [0.5, 0.6) is 0 Å². The number of nitrogens with one attached hydrogen (secondary N) is 1. The third-order valence-electron chi connectivity index (χ3n) is 3.07. The Morgan fingerprint density at radius 3 is 3.00 bits per heavy atom. The van der Waals surface area contributed by atoms with Gasteiger partial charge in [-0.2, -0.15) is 0 Å². The van der Waals surface area contributed by atoms with Gasteiger partial charge in [0.2, 0.25) is 16.9 Å². The van der Waals surface area contributed by atoms with Crippen LogP contribution in [-0.2, 0) is 20.7 Å². The molecule has 20 heavy (non-hydrogen) atoms. The number of nitrogens with zero attached hydrogens (tertiary/aromatic N) is 3. The minimum Gasteiger partial charge on any atom is -0.381 e. The average Bonchev–Trinajstić information content (AvgIpc) is 2.98. The summed E-state index contributed by atoms with van der Waals surface area (Å²) in [7, 11) is 1.70. The van der Waals surface area contributed by atoms with E-state index in [-0.39, 0.29) is 24.2 Å². The lowest BCUT2D eigenvalue weighted by Crippen LogP contribution is -2.25. The smallest absolute Gasteiger partial charge is 0.231 e. The number of aromatic nitrogens is 2. The molecule has 0 spiro atoms. The standard InChI is InChI=1S/C12H18N4O3S/c1-3-19-5-4-9-14-15-12(20-9)13-11(18)8-6-10(17)16(2)7-8/h8H,3-7H2,1-2H3,(H,13,15,18). The Labute approximate surface area is 121 Å². The van der Waals surface area contributed by atoms with E-state index in [0.717, 1.165) is 5.01 Å². The van der Waals surface area contributed by atoms with Crippen molar-refractivity contribution in [2.24, 2.45) is 5.92 Å². The van der Waals surface area contributed by atoms with E-state index in [4.69, 9.17) is 4.74 Å². The molecule has 1 unspecified atom stereocenters. The minimum absolute atomic E-state index is 0.000169. The van der Waals surface area contributed by atoms with Gasteiger partial charge in [-0.15, -0.1) is 10.2 Å². The van der Waals surface area contributed by atoms with Gasteiger partial charge >= 0.3 is 0 Å². The molecule has 2 heterocycles. The summed E-state index contributed by atoms with van der Waals surface area (Å²) >= 11 is 1.34. The van der Waals surface area contributed by atoms with Crippen LogP contribution >= 0.6 is 11.3 Å². The predicted octanol–water partition coefficient (Wildman–Crippen LogP) is 0.534. The maximum atomic E-state index is 12.0. The highest BCUT2D eigenvalue weighted by Gasteiger charge is 2.32. The van der Waals surface area contributed by atoms with Crippen molar-refractivity contribution < 1.29 is 14.3 Å². The summed E-state index contributed by atoms with van der Waals surface area (Å²) in [5.41, 5.74) is 0. The van der Waals surface area contributed by atoms with E-state index >= 15 is 0 Å². The summed E-state index contributed by atoms with van der Waals surface area (Å²) in [4.78, 5) is 25.0. The lowest BCUT2D eigenvalue weighted by Gasteiger charge is -2.08. The lowest BCUT2D eigenvalue weighted by molar-refractivity contribution is -0.127. The summed E-state index contributed by atoms with van der Waals surface area (Å²) in [6.07, 6.45) is 0.949. The molecule has 0 radical (unpaired) electrons. The first kappa shape index (κ1) is 14.9. The van der Waals surface area contributed by atoms with Gasteiger partial charge in [-0.1, -0.05) is 11.3 Å². The molecular formula is C12H18N4O3S. The number of anilines is 1. The maximum absolute atomic E-state index is 12.0. The van der Waals surface area contributed by atoms with E-state index in [1.165, 1.54) is 11.3 Å².